The van der Waals surface area contributed by atoms with Crippen molar-refractivity contribution in [3.8, 4) is 0 Å². The van der Waals surface area contributed by atoms with Crippen molar-refractivity contribution in [2.45, 2.75) is 44.5 Å². The SMILES string of the molecule is CC(C)CCCCC(O)Br. The molecule has 62 valence electrons. The van der Waals surface area contributed by atoms with Gasteiger partial charge in [0, 0.05) is 0 Å². The van der Waals surface area contributed by atoms with Gasteiger partial charge in [0.05, 0.1) is 0 Å². The van der Waals surface area contributed by atoms with E-state index in [1.807, 2.05) is 0 Å². The van der Waals surface area contributed by atoms with Gasteiger partial charge < -0.3 is 5.11 Å². The topological polar surface area (TPSA) is 20.2 Å². The molecule has 1 N–H and O–H groups in total. The van der Waals surface area contributed by atoms with Crippen molar-refractivity contribution < 1.29 is 5.11 Å². The highest BCUT2D eigenvalue weighted by Gasteiger charge is 1.97. The number of halogens is 1. The standard InChI is InChI=1S/C8H17BrO/c1-7(2)5-3-4-6-8(9)10/h7-8,10H,3-6H2,1-2H3. The van der Waals surface area contributed by atoms with Crippen LogP contribution in [0.15, 0.2) is 0 Å². The Labute approximate surface area is 72.0 Å². The molecule has 0 aliphatic heterocycles. The lowest BCUT2D eigenvalue weighted by atomic mass is 10.1. The van der Waals surface area contributed by atoms with Crippen molar-refractivity contribution in [1.29, 1.82) is 0 Å². The fraction of sp³-hybridized carbons (Fsp3) is 1.00. The summed E-state index contributed by atoms with van der Waals surface area (Å²) < 4.78 is 0. The van der Waals surface area contributed by atoms with Crippen molar-refractivity contribution in [3.63, 3.8) is 0 Å². The first kappa shape index (κ1) is 10.4. The van der Waals surface area contributed by atoms with Crippen LogP contribution < -0.4 is 0 Å². The summed E-state index contributed by atoms with van der Waals surface area (Å²) in [4.78, 5) is 0. The molecule has 0 fully saturated rings. The molecule has 0 aromatic carbocycles. The van der Waals surface area contributed by atoms with Gasteiger partial charge in [-0.2, -0.15) is 0 Å². The maximum Gasteiger partial charge on any atom is 0.109 e. The maximum absolute atomic E-state index is 8.83. The monoisotopic (exact) mass is 208 g/mol. The molecule has 2 heteroatoms. The summed E-state index contributed by atoms with van der Waals surface area (Å²) in [5, 5.41) is 8.54. The molecule has 1 atom stereocenters. The number of hydrogen-bond acceptors (Lipinski definition) is 1. The normalized spacial score (nSPS) is 14.1. The second-order valence-electron chi connectivity index (χ2n) is 3.11. The Morgan fingerprint density at radius 1 is 1.20 bits per heavy atom. The molecule has 0 aliphatic rings. The lowest BCUT2D eigenvalue weighted by molar-refractivity contribution is 0.253. The molecule has 1 unspecified atom stereocenters. The van der Waals surface area contributed by atoms with Crippen LogP contribution in [-0.4, -0.2) is 10.1 Å². The molecule has 10 heavy (non-hydrogen) atoms. The molecule has 0 aromatic heterocycles. The van der Waals surface area contributed by atoms with Crippen LogP contribution in [0.5, 0.6) is 0 Å². The van der Waals surface area contributed by atoms with E-state index in [1.165, 1.54) is 12.8 Å². The van der Waals surface area contributed by atoms with Gasteiger partial charge in [0.2, 0.25) is 0 Å². The zero-order valence-corrected chi connectivity index (χ0v) is 8.39. The number of aliphatic hydroxyl groups is 1. The number of rotatable bonds is 5. The average Bonchev–Trinajstić information content (AvgIpc) is 1.79. The summed E-state index contributed by atoms with van der Waals surface area (Å²) in [6.07, 6.45) is 4.53. The number of aliphatic hydroxyl groups excluding tert-OH is 1. The van der Waals surface area contributed by atoms with Crippen molar-refractivity contribution in [2.24, 2.45) is 5.92 Å². The fourth-order valence-corrected chi connectivity index (χ4v) is 1.19. The van der Waals surface area contributed by atoms with Gasteiger partial charge in [-0.1, -0.05) is 42.6 Å². The van der Waals surface area contributed by atoms with Crippen LogP contribution in [0.3, 0.4) is 0 Å². The van der Waals surface area contributed by atoms with Crippen LogP contribution in [0, 0.1) is 5.92 Å². The van der Waals surface area contributed by atoms with E-state index in [0.717, 1.165) is 18.8 Å². The Morgan fingerprint density at radius 2 is 1.70 bits per heavy atom. The second-order valence-corrected chi connectivity index (χ2v) is 4.17. The maximum atomic E-state index is 8.83. The third-order valence-corrected chi connectivity index (χ3v) is 1.93. The van der Waals surface area contributed by atoms with Crippen molar-refractivity contribution in [2.75, 3.05) is 0 Å². The Morgan fingerprint density at radius 3 is 2.10 bits per heavy atom. The van der Waals surface area contributed by atoms with Crippen LogP contribution >= 0.6 is 15.9 Å². The van der Waals surface area contributed by atoms with Crippen LogP contribution in [0.25, 0.3) is 0 Å². The lowest BCUT2D eigenvalue weighted by Gasteiger charge is -2.04. The molecule has 0 radical (unpaired) electrons. The molecule has 0 bridgehead atoms. The summed E-state index contributed by atoms with van der Waals surface area (Å²) in [7, 11) is 0. The van der Waals surface area contributed by atoms with Gasteiger partial charge in [0.15, 0.2) is 0 Å². The highest BCUT2D eigenvalue weighted by molar-refractivity contribution is 9.09. The average molecular weight is 209 g/mol. The van der Waals surface area contributed by atoms with Crippen molar-refractivity contribution >= 4 is 15.9 Å². The van der Waals surface area contributed by atoms with Crippen LogP contribution in [0.2, 0.25) is 0 Å². The molecule has 0 heterocycles. The smallest absolute Gasteiger partial charge is 0.109 e. The molecule has 0 spiro atoms. The Hall–Kier alpha value is 0.440. The van der Waals surface area contributed by atoms with Gasteiger partial charge in [-0.05, 0) is 18.8 Å². The molecular weight excluding hydrogens is 192 g/mol. The zero-order valence-electron chi connectivity index (χ0n) is 6.81. The fourth-order valence-electron chi connectivity index (χ4n) is 0.865. The molecule has 0 aliphatic carbocycles. The van der Waals surface area contributed by atoms with E-state index in [-0.39, 0.29) is 5.01 Å². The molecule has 0 rings (SSSR count). The van der Waals surface area contributed by atoms with Crippen LogP contribution in [0.1, 0.15) is 39.5 Å². The van der Waals surface area contributed by atoms with Crippen LogP contribution in [0.4, 0.5) is 0 Å². The Kier molecular flexibility index (Phi) is 6.44. The van der Waals surface area contributed by atoms with E-state index < -0.39 is 0 Å². The van der Waals surface area contributed by atoms with E-state index in [2.05, 4.69) is 29.8 Å². The van der Waals surface area contributed by atoms with E-state index >= 15 is 0 Å². The van der Waals surface area contributed by atoms with Gasteiger partial charge in [-0.25, -0.2) is 0 Å². The third kappa shape index (κ3) is 8.44. The van der Waals surface area contributed by atoms with E-state index in [9.17, 15) is 0 Å². The minimum absolute atomic E-state index is 0.292. The molecular formula is C8H17BrO. The first-order valence-electron chi connectivity index (χ1n) is 3.95. The van der Waals surface area contributed by atoms with E-state index in [0.29, 0.717) is 0 Å². The molecule has 1 nitrogen and oxygen atoms in total. The predicted molar refractivity (Wildman–Crippen MR) is 48.2 cm³/mol. The van der Waals surface area contributed by atoms with Gasteiger partial charge in [-0.3, -0.25) is 0 Å². The lowest BCUT2D eigenvalue weighted by Crippen LogP contribution is -1.95. The first-order valence-corrected chi connectivity index (χ1v) is 4.86. The van der Waals surface area contributed by atoms with Gasteiger partial charge in [-0.15, -0.1) is 0 Å². The number of hydrogen-bond donors (Lipinski definition) is 1. The summed E-state index contributed by atoms with van der Waals surface area (Å²) in [6, 6.07) is 0. The second kappa shape index (κ2) is 6.17. The van der Waals surface area contributed by atoms with Crippen molar-refractivity contribution in [3.05, 3.63) is 0 Å². The van der Waals surface area contributed by atoms with Crippen molar-refractivity contribution in [1.82, 2.24) is 0 Å². The minimum atomic E-state index is -0.292. The Balaban J connectivity index is 2.91. The molecule has 0 amide bonds. The summed E-state index contributed by atoms with van der Waals surface area (Å²) in [5.74, 6) is 0.799. The molecule has 0 aromatic rings. The third-order valence-electron chi connectivity index (χ3n) is 1.47. The largest absolute Gasteiger partial charge is 0.382 e. The van der Waals surface area contributed by atoms with Gasteiger partial charge in [0.25, 0.3) is 0 Å². The summed E-state index contributed by atoms with van der Waals surface area (Å²) in [6.45, 7) is 4.45. The van der Waals surface area contributed by atoms with Gasteiger partial charge in [0.1, 0.15) is 5.01 Å². The predicted octanol–water partition coefficient (Wildman–Crippen LogP) is 2.92. The highest BCUT2D eigenvalue weighted by atomic mass is 79.9. The highest BCUT2D eigenvalue weighted by Crippen LogP contribution is 2.11. The molecule has 0 saturated carbocycles. The quantitative estimate of drug-likeness (QED) is 0.545. The van der Waals surface area contributed by atoms with E-state index in [4.69, 9.17) is 5.11 Å². The first-order chi connectivity index (χ1) is 4.63. The zero-order chi connectivity index (χ0) is 7.98. The van der Waals surface area contributed by atoms with Crippen LogP contribution in [-0.2, 0) is 0 Å². The molecule has 0 saturated heterocycles. The number of alkyl halides is 1. The number of unbranched alkanes of at least 4 members (excludes halogenated alkanes) is 1. The van der Waals surface area contributed by atoms with E-state index in [1.54, 1.807) is 0 Å². The summed E-state index contributed by atoms with van der Waals surface area (Å²) >= 11 is 3.10. The van der Waals surface area contributed by atoms with Gasteiger partial charge >= 0.3 is 0 Å². The Bertz CT molecular complexity index is 61.7. The summed E-state index contributed by atoms with van der Waals surface area (Å²) in [5.41, 5.74) is 0. The minimum Gasteiger partial charge on any atom is -0.382 e.